The van der Waals surface area contributed by atoms with Gasteiger partial charge in [-0.1, -0.05) is 38.0 Å². The average molecular weight is 168 g/mol. The van der Waals surface area contributed by atoms with Crippen molar-refractivity contribution >= 4 is 0 Å². The fourth-order valence-electron chi connectivity index (χ4n) is 0. The van der Waals surface area contributed by atoms with E-state index < -0.39 is 0 Å². The van der Waals surface area contributed by atoms with Crippen molar-refractivity contribution in [3.05, 3.63) is 23.8 Å². The summed E-state index contributed by atoms with van der Waals surface area (Å²) in [5.41, 5.74) is 3.16. The van der Waals surface area contributed by atoms with Crippen molar-refractivity contribution in [3.8, 4) is 0 Å². The van der Waals surface area contributed by atoms with Gasteiger partial charge in [0.1, 0.15) is 0 Å². The third-order valence-electron chi connectivity index (χ3n) is 1.61. The van der Waals surface area contributed by atoms with Gasteiger partial charge in [-0.05, 0) is 33.1 Å². The van der Waals surface area contributed by atoms with Gasteiger partial charge in [-0.25, -0.2) is 0 Å². The minimum atomic E-state index is 0.306. The molecule has 0 heterocycles. The second kappa shape index (κ2) is 6.05. The first kappa shape index (κ1) is 14.0. The van der Waals surface area contributed by atoms with E-state index in [1.807, 2.05) is 6.08 Å². The molecule has 0 amide bonds. The van der Waals surface area contributed by atoms with Gasteiger partial charge in [-0.3, -0.25) is 0 Å². The van der Waals surface area contributed by atoms with E-state index >= 15 is 0 Å². The lowest BCUT2D eigenvalue weighted by Gasteiger charge is -2.08. The van der Waals surface area contributed by atoms with Gasteiger partial charge < -0.3 is 0 Å². The molecule has 0 N–H and O–H groups in total. The van der Waals surface area contributed by atoms with Crippen molar-refractivity contribution in [3.63, 3.8) is 0 Å². The normalized spacial score (nSPS) is 9.58. The molecule has 0 nitrogen and oxygen atoms in total. The predicted molar refractivity (Wildman–Crippen MR) is 59.4 cm³/mol. The Hall–Kier alpha value is -0.520. The molecular weight excluding hydrogens is 144 g/mol. The highest BCUT2D eigenvalue weighted by molar-refractivity contribution is 5.02. The maximum atomic E-state index is 3.63. The molecule has 0 unspecified atom stereocenters. The molecule has 0 aliphatic heterocycles. The molecule has 0 saturated carbocycles. The van der Waals surface area contributed by atoms with Crippen LogP contribution in [0, 0.1) is 5.41 Å². The molecule has 72 valence electrons. The molecule has 0 aromatic carbocycles. The van der Waals surface area contributed by atoms with E-state index in [0.29, 0.717) is 5.41 Å². The SMILES string of the molecule is C=CC(C)(C)C.CC(C)=C(C)C. The Morgan fingerprint density at radius 2 is 1.08 bits per heavy atom. The van der Waals surface area contributed by atoms with Crippen LogP contribution in [0.2, 0.25) is 0 Å². The van der Waals surface area contributed by atoms with Crippen LogP contribution in [0.3, 0.4) is 0 Å². The summed E-state index contributed by atoms with van der Waals surface area (Å²) in [6.45, 7) is 18.5. The van der Waals surface area contributed by atoms with Crippen LogP contribution in [0.4, 0.5) is 0 Å². The van der Waals surface area contributed by atoms with E-state index in [1.54, 1.807) is 0 Å². The summed E-state index contributed by atoms with van der Waals surface area (Å²) in [7, 11) is 0. The zero-order chi connectivity index (χ0) is 10.4. The largest absolute Gasteiger partial charge is 0.103 e. The number of allylic oxidation sites excluding steroid dienone is 3. The molecule has 0 rings (SSSR count). The monoisotopic (exact) mass is 168 g/mol. The second-order valence-electron chi connectivity index (χ2n) is 4.57. The lowest BCUT2D eigenvalue weighted by molar-refractivity contribution is 0.546. The fourth-order valence-corrected chi connectivity index (χ4v) is 0. The first-order valence-corrected chi connectivity index (χ1v) is 4.45. The highest BCUT2D eigenvalue weighted by Crippen LogP contribution is 2.11. The topological polar surface area (TPSA) is 0 Å². The van der Waals surface area contributed by atoms with Crippen LogP contribution >= 0.6 is 0 Å². The molecule has 0 aliphatic carbocycles. The van der Waals surface area contributed by atoms with Crippen molar-refractivity contribution in [1.29, 1.82) is 0 Å². The van der Waals surface area contributed by atoms with Crippen molar-refractivity contribution in [2.24, 2.45) is 5.41 Å². The Bertz CT molecular complexity index is 135. The van der Waals surface area contributed by atoms with E-state index in [4.69, 9.17) is 0 Å². The lowest BCUT2D eigenvalue weighted by Crippen LogP contribution is -1.96. The van der Waals surface area contributed by atoms with Gasteiger partial charge in [0, 0.05) is 0 Å². The van der Waals surface area contributed by atoms with Crippen LogP contribution in [0.1, 0.15) is 48.5 Å². The summed E-state index contributed by atoms with van der Waals surface area (Å²) in [4.78, 5) is 0. The number of hydrogen-bond acceptors (Lipinski definition) is 0. The molecule has 0 heteroatoms. The highest BCUT2D eigenvalue weighted by atomic mass is 14.0. The summed E-state index contributed by atoms with van der Waals surface area (Å²) < 4.78 is 0. The summed E-state index contributed by atoms with van der Waals surface area (Å²) in [5, 5.41) is 0. The van der Waals surface area contributed by atoms with Crippen molar-refractivity contribution < 1.29 is 0 Å². The van der Waals surface area contributed by atoms with Gasteiger partial charge in [-0.2, -0.15) is 0 Å². The lowest BCUT2D eigenvalue weighted by atomic mass is 9.98. The van der Waals surface area contributed by atoms with E-state index in [0.717, 1.165) is 0 Å². The molecule has 0 radical (unpaired) electrons. The second-order valence-corrected chi connectivity index (χ2v) is 4.57. The first-order valence-electron chi connectivity index (χ1n) is 4.45. The van der Waals surface area contributed by atoms with Gasteiger partial charge >= 0.3 is 0 Å². The van der Waals surface area contributed by atoms with Gasteiger partial charge in [0.15, 0.2) is 0 Å². The van der Waals surface area contributed by atoms with E-state index in [2.05, 4.69) is 55.0 Å². The molecule has 0 aromatic rings. The van der Waals surface area contributed by atoms with Crippen molar-refractivity contribution in [2.45, 2.75) is 48.5 Å². The van der Waals surface area contributed by atoms with Crippen LogP contribution in [-0.4, -0.2) is 0 Å². The van der Waals surface area contributed by atoms with Crippen LogP contribution in [0.15, 0.2) is 23.8 Å². The van der Waals surface area contributed by atoms with Gasteiger partial charge in [-0.15, -0.1) is 6.58 Å². The minimum Gasteiger partial charge on any atom is -0.103 e. The number of hydrogen-bond donors (Lipinski definition) is 0. The Labute approximate surface area is 78.4 Å². The number of rotatable bonds is 0. The molecule has 0 spiro atoms. The zero-order valence-electron chi connectivity index (χ0n) is 9.78. The standard InChI is InChI=1S/2C6H12/c1-5-6(2,3)4;1-5(2)6(3)4/h5H,1H2,2-4H3;1-4H3. The van der Waals surface area contributed by atoms with Crippen molar-refractivity contribution in [1.82, 2.24) is 0 Å². The van der Waals surface area contributed by atoms with E-state index in [-0.39, 0.29) is 0 Å². The summed E-state index contributed by atoms with van der Waals surface area (Å²) in [6, 6.07) is 0. The smallest absolute Gasteiger partial charge is 0.0206 e. The third kappa shape index (κ3) is 16.2. The highest BCUT2D eigenvalue weighted by Gasteiger charge is 1.99. The Kier molecular flexibility index (Phi) is 7.07. The van der Waals surface area contributed by atoms with Crippen molar-refractivity contribution in [2.75, 3.05) is 0 Å². The average Bonchev–Trinajstić information content (AvgIpc) is 1.87. The molecule has 0 bridgehead atoms. The molecule has 0 aromatic heterocycles. The Balaban J connectivity index is 0. The van der Waals surface area contributed by atoms with Gasteiger partial charge in [0.05, 0.1) is 0 Å². The Morgan fingerprint density at radius 3 is 1.08 bits per heavy atom. The van der Waals surface area contributed by atoms with E-state index in [1.165, 1.54) is 11.1 Å². The van der Waals surface area contributed by atoms with Crippen LogP contribution in [-0.2, 0) is 0 Å². The van der Waals surface area contributed by atoms with Gasteiger partial charge in [0.25, 0.3) is 0 Å². The van der Waals surface area contributed by atoms with Crippen LogP contribution in [0.5, 0.6) is 0 Å². The molecular formula is C12H24. The minimum absolute atomic E-state index is 0.306. The first-order chi connectivity index (χ1) is 5.20. The molecule has 0 atom stereocenters. The van der Waals surface area contributed by atoms with E-state index in [9.17, 15) is 0 Å². The molecule has 0 saturated heterocycles. The maximum Gasteiger partial charge on any atom is -0.0206 e. The van der Waals surface area contributed by atoms with Crippen LogP contribution in [0.25, 0.3) is 0 Å². The molecule has 12 heavy (non-hydrogen) atoms. The van der Waals surface area contributed by atoms with Crippen LogP contribution < -0.4 is 0 Å². The van der Waals surface area contributed by atoms with Gasteiger partial charge in [0.2, 0.25) is 0 Å². The third-order valence-corrected chi connectivity index (χ3v) is 1.61. The Morgan fingerprint density at radius 1 is 0.917 bits per heavy atom. The molecule has 0 fully saturated rings. The summed E-state index contributed by atoms with van der Waals surface area (Å²) >= 11 is 0. The maximum absolute atomic E-state index is 3.63. The predicted octanol–water partition coefficient (Wildman–Crippen LogP) is 4.58. The summed E-state index contributed by atoms with van der Waals surface area (Å²) in [6.07, 6.45) is 1.94. The summed E-state index contributed by atoms with van der Waals surface area (Å²) in [5.74, 6) is 0. The fraction of sp³-hybridized carbons (Fsp3) is 0.667. The quantitative estimate of drug-likeness (QED) is 0.464. The zero-order valence-corrected chi connectivity index (χ0v) is 9.78. The molecule has 0 aliphatic rings.